The Balaban J connectivity index is 2.00. The van der Waals surface area contributed by atoms with E-state index in [0.717, 1.165) is 5.82 Å². The SMILES string of the molecule is Cc1nc(C(N)C2(O)CCN(C(=O)OC(C)(C)C)CC2)cn1C. The van der Waals surface area contributed by atoms with E-state index in [2.05, 4.69) is 4.98 Å². The fourth-order valence-electron chi connectivity index (χ4n) is 2.73. The summed E-state index contributed by atoms with van der Waals surface area (Å²) in [6.45, 7) is 8.25. The van der Waals surface area contributed by atoms with Crippen LogP contribution in [0.15, 0.2) is 6.20 Å². The molecule has 1 aromatic rings. The normalized spacial score (nSPS) is 19.5. The largest absolute Gasteiger partial charge is 0.444 e. The number of amides is 1. The number of aromatic nitrogens is 2. The Bertz CT molecular complexity index is 549. The van der Waals surface area contributed by atoms with Crippen molar-refractivity contribution >= 4 is 6.09 Å². The molecule has 0 aromatic carbocycles. The zero-order valence-corrected chi connectivity index (χ0v) is 14.7. The molecule has 130 valence electrons. The zero-order valence-electron chi connectivity index (χ0n) is 14.7. The van der Waals surface area contributed by atoms with E-state index in [-0.39, 0.29) is 6.09 Å². The van der Waals surface area contributed by atoms with Gasteiger partial charge < -0.3 is 25.0 Å². The number of hydrogen-bond acceptors (Lipinski definition) is 5. The molecule has 1 aliphatic rings. The molecule has 0 spiro atoms. The second-order valence-corrected chi connectivity index (χ2v) is 7.37. The molecule has 1 atom stereocenters. The number of ether oxygens (including phenoxy) is 1. The molecule has 1 aliphatic heterocycles. The summed E-state index contributed by atoms with van der Waals surface area (Å²) in [5.74, 6) is 0.852. The van der Waals surface area contributed by atoms with Gasteiger partial charge in [0.15, 0.2) is 0 Å². The van der Waals surface area contributed by atoms with Crippen LogP contribution in [0.2, 0.25) is 0 Å². The molecule has 1 aromatic heterocycles. The summed E-state index contributed by atoms with van der Waals surface area (Å²) in [7, 11) is 1.90. The van der Waals surface area contributed by atoms with Crippen molar-refractivity contribution in [3.05, 3.63) is 17.7 Å². The lowest BCUT2D eigenvalue weighted by molar-refractivity contribution is -0.0483. The van der Waals surface area contributed by atoms with Crippen LogP contribution in [0.3, 0.4) is 0 Å². The fourth-order valence-corrected chi connectivity index (χ4v) is 2.73. The smallest absolute Gasteiger partial charge is 0.410 e. The van der Waals surface area contributed by atoms with Crippen molar-refractivity contribution in [3.63, 3.8) is 0 Å². The first-order valence-corrected chi connectivity index (χ1v) is 7.97. The predicted octanol–water partition coefficient (Wildman–Crippen LogP) is 1.49. The van der Waals surface area contributed by atoms with Gasteiger partial charge in [0, 0.05) is 26.3 Å². The molecule has 7 nitrogen and oxygen atoms in total. The van der Waals surface area contributed by atoms with E-state index in [9.17, 15) is 9.90 Å². The fraction of sp³-hybridized carbons (Fsp3) is 0.750. The topological polar surface area (TPSA) is 93.6 Å². The van der Waals surface area contributed by atoms with Crippen LogP contribution < -0.4 is 5.73 Å². The zero-order chi connectivity index (χ0) is 17.4. The number of aliphatic hydroxyl groups is 1. The maximum atomic E-state index is 12.1. The van der Waals surface area contributed by atoms with E-state index in [0.29, 0.717) is 31.6 Å². The maximum absolute atomic E-state index is 12.1. The Morgan fingerprint density at radius 1 is 1.43 bits per heavy atom. The van der Waals surface area contributed by atoms with Crippen LogP contribution in [0.4, 0.5) is 4.79 Å². The predicted molar refractivity (Wildman–Crippen MR) is 86.9 cm³/mol. The first-order valence-electron chi connectivity index (χ1n) is 7.97. The molecule has 3 N–H and O–H groups in total. The monoisotopic (exact) mass is 324 g/mol. The summed E-state index contributed by atoms with van der Waals surface area (Å²) in [5.41, 5.74) is 5.35. The Labute approximate surface area is 137 Å². The average molecular weight is 324 g/mol. The standard InChI is InChI=1S/C16H28N4O3/c1-11-18-12(10-19(11)5)13(17)16(22)6-8-20(9-7-16)14(21)23-15(2,3)4/h10,13,22H,6-9,17H2,1-5H3. The summed E-state index contributed by atoms with van der Waals surface area (Å²) in [5, 5.41) is 10.9. The molecule has 0 bridgehead atoms. The quantitative estimate of drug-likeness (QED) is 0.859. The highest BCUT2D eigenvalue weighted by Crippen LogP contribution is 2.33. The van der Waals surface area contributed by atoms with Crippen molar-refractivity contribution in [2.75, 3.05) is 13.1 Å². The third kappa shape index (κ3) is 4.03. The molecule has 0 aliphatic carbocycles. The summed E-state index contributed by atoms with van der Waals surface area (Å²) in [4.78, 5) is 18.1. The van der Waals surface area contributed by atoms with Gasteiger partial charge in [-0.15, -0.1) is 0 Å². The van der Waals surface area contributed by atoms with Gasteiger partial charge in [-0.05, 0) is 40.5 Å². The molecule has 2 heterocycles. The molecule has 0 radical (unpaired) electrons. The molecule has 1 unspecified atom stereocenters. The van der Waals surface area contributed by atoms with Crippen LogP contribution in [0.1, 0.15) is 51.2 Å². The first kappa shape index (κ1) is 17.7. The number of carbonyl (C=O) groups excluding carboxylic acids is 1. The Morgan fingerprint density at radius 3 is 2.43 bits per heavy atom. The van der Waals surface area contributed by atoms with Crippen LogP contribution in [-0.2, 0) is 11.8 Å². The summed E-state index contributed by atoms with van der Waals surface area (Å²) in [6, 6.07) is -0.566. The molecule has 23 heavy (non-hydrogen) atoms. The van der Waals surface area contributed by atoms with E-state index in [1.54, 1.807) is 4.90 Å². The van der Waals surface area contributed by atoms with Crippen molar-refractivity contribution in [2.24, 2.45) is 12.8 Å². The van der Waals surface area contributed by atoms with Gasteiger partial charge in [-0.2, -0.15) is 0 Å². The second kappa shape index (κ2) is 6.13. The van der Waals surface area contributed by atoms with Crippen molar-refractivity contribution in [1.82, 2.24) is 14.5 Å². The lowest BCUT2D eigenvalue weighted by Gasteiger charge is -2.41. The number of imidazole rings is 1. The summed E-state index contributed by atoms with van der Waals surface area (Å²) >= 11 is 0. The maximum Gasteiger partial charge on any atom is 0.410 e. The van der Waals surface area contributed by atoms with Crippen LogP contribution in [0.25, 0.3) is 0 Å². The molecule has 1 fully saturated rings. The van der Waals surface area contributed by atoms with Gasteiger partial charge in [0.25, 0.3) is 0 Å². The lowest BCUT2D eigenvalue weighted by Crippen LogP contribution is -2.52. The number of nitrogens with two attached hydrogens (primary N) is 1. The minimum absolute atomic E-state index is 0.346. The second-order valence-electron chi connectivity index (χ2n) is 7.37. The lowest BCUT2D eigenvalue weighted by atomic mass is 9.83. The van der Waals surface area contributed by atoms with Crippen molar-refractivity contribution in [3.8, 4) is 0 Å². The van der Waals surface area contributed by atoms with Crippen LogP contribution in [-0.4, -0.2) is 49.9 Å². The van der Waals surface area contributed by atoms with Gasteiger partial charge in [0.1, 0.15) is 11.4 Å². The minimum atomic E-state index is -1.06. The van der Waals surface area contributed by atoms with Gasteiger partial charge in [-0.25, -0.2) is 9.78 Å². The highest BCUT2D eigenvalue weighted by Gasteiger charge is 2.41. The van der Waals surface area contributed by atoms with Crippen molar-refractivity contribution in [2.45, 2.75) is 57.8 Å². The molecular weight excluding hydrogens is 296 g/mol. The van der Waals surface area contributed by atoms with Gasteiger partial charge in [-0.1, -0.05) is 0 Å². The third-order valence-corrected chi connectivity index (χ3v) is 4.31. The molecule has 2 rings (SSSR count). The van der Waals surface area contributed by atoms with Crippen molar-refractivity contribution < 1.29 is 14.6 Å². The molecule has 1 amide bonds. The van der Waals surface area contributed by atoms with Gasteiger partial charge in [-0.3, -0.25) is 0 Å². The van der Waals surface area contributed by atoms with Crippen LogP contribution >= 0.6 is 0 Å². The number of nitrogens with zero attached hydrogens (tertiary/aromatic N) is 3. The number of piperidine rings is 1. The first-order chi connectivity index (χ1) is 10.5. The van der Waals surface area contributed by atoms with Gasteiger partial charge in [0.2, 0.25) is 0 Å². The van der Waals surface area contributed by atoms with Crippen molar-refractivity contribution in [1.29, 1.82) is 0 Å². The number of likely N-dealkylation sites (tertiary alicyclic amines) is 1. The van der Waals surface area contributed by atoms with Gasteiger partial charge in [0.05, 0.1) is 17.3 Å². The molecule has 1 saturated heterocycles. The van der Waals surface area contributed by atoms with E-state index < -0.39 is 17.2 Å². The minimum Gasteiger partial charge on any atom is -0.444 e. The number of rotatable bonds is 2. The molecule has 7 heteroatoms. The van der Waals surface area contributed by atoms with Crippen LogP contribution in [0, 0.1) is 6.92 Å². The molecule has 0 saturated carbocycles. The Morgan fingerprint density at radius 2 is 2.00 bits per heavy atom. The highest BCUT2D eigenvalue weighted by atomic mass is 16.6. The Hall–Kier alpha value is -1.60. The average Bonchev–Trinajstić information content (AvgIpc) is 2.76. The summed E-state index contributed by atoms with van der Waals surface area (Å²) in [6.07, 6.45) is 2.31. The number of carbonyl (C=O) groups is 1. The van der Waals surface area contributed by atoms with E-state index >= 15 is 0 Å². The number of hydrogen-bond donors (Lipinski definition) is 2. The van der Waals surface area contributed by atoms with E-state index in [1.807, 2.05) is 45.5 Å². The van der Waals surface area contributed by atoms with E-state index in [4.69, 9.17) is 10.5 Å². The summed E-state index contributed by atoms with van der Waals surface area (Å²) < 4.78 is 7.25. The molecular formula is C16H28N4O3. The number of aryl methyl sites for hydroxylation is 2. The highest BCUT2D eigenvalue weighted by molar-refractivity contribution is 5.68. The van der Waals surface area contributed by atoms with E-state index in [1.165, 1.54) is 0 Å². The Kier molecular flexibility index (Phi) is 4.73. The van der Waals surface area contributed by atoms with Gasteiger partial charge >= 0.3 is 6.09 Å². The van der Waals surface area contributed by atoms with Crippen LogP contribution in [0.5, 0.6) is 0 Å². The third-order valence-electron chi connectivity index (χ3n) is 4.31.